The molecule has 0 atom stereocenters. The maximum Gasteiger partial charge on any atom is 0.310 e. The largest absolute Gasteiger partial charge is 0.466 e. The summed E-state index contributed by atoms with van der Waals surface area (Å²) in [5.41, 5.74) is 4.46. The molecule has 2 heterocycles. The van der Waals surface area contributed by atoms with Crippen LogP contribution in [0.4, 0.5) is 0 Å². The van der Waals surface area contributed by atoms with Crippen molar-refractivity contribution in [3.8, 4) is 23.0 Å². The van der Waals surface area contributed by atoms with E-state index in [0.29, 0.717) is 30.6 Å². The molecule has 0 aliphatic carbocycles. The van der Waals surface area contributed by atoms with Crippen LogP contribution in [0.25, 0.3) is 23.0 Å². The molecule has 7 heteroatoms. The van der Waals surface area contributed by atoms with Gasteiger partial charge in [0.1, 0.15) is 0 Å². The predicted octanol–water partition coefficient (Wildman–Crippen LogP) is 4.06. The van der Waals surface area contributed by atoms with E-state index in [-0.39, 0.29) is 12.4 Å². The number of rotatable bonds is 7. The fourth-order valence-electron chi connectivity index (χ4n) is 3.20. The topological polar surface area (TPSA) is 83.0 Å². The van der Waals surface area contributed by atoms with Gasteiger partial charge in [-0.05, 0) is 31.0 Å². The molecule has 0 fully saturated rings. The van der Waals surface area contributed by atoms with Crippen molar-refractivity contribution in [2.24, 2.45) is 0 Å². The van der Waals surface area contributed by atoms with Crippen molar-refractivity contribution in [3.05, 3.63) is 77.5 Å². The molecule has 0 saturated carbocycles. The molecule has 2 aromatic heterocycles. The van der Waals surface area contributed by atoms with Crippen LogP contribution in [0.15, 0.2) is 65.2 Å². The minimum absolute atomic E-state index is 0.224. The number of carbonyl (C=O) groups is 1. The van der Waals surface area contributed by atoms with E-state index in [1.54, 1.807) is 6.92 Å². The number of ether oxygens (including phenoxy) is 1. The van der Waals surface area contributed by atoms with E-state index < -0.39 is 0 Å². The van der Waals surface area contributed by atoms with Crippen LogP contribution in [-0.2, 0) is 22.5 Å². The van der Waals surface area contributed by atoms with Crippen molar-refractivity contribution in [1.82, 2.24) is 19.9 Å². The third-order valence-corrected chi connectivity index (χ3v) is 4.64. The van der Waals surface area contributed by atoms with Crippen molar-refractivity contribution in [3.63, 3.8) is 0 Å². The first kappa shape index (κ1) is 19.6. The monoisotopic (exact) mass is 402 g/mol. The van der Waals surface area contributed by atoms with Crippen LogP contribution < -0.4 is 0 Å². The Morgan fingerprint density at radius 3 is 2.67 bits per heavy atom. The van der Waals surface area contributed by atoms with E-state index in [0.717, 1.165) is 22.4 Å². The van der Waals surface area contributed by atoms with E-state index in [1.807, 2.05) is 72.3 Å². The van der Waals surface area contributed by atoms with Gasteiger partial charge in [0.2, 0.25) is 5.82 Å². The van der Waals surface area contributed by atoms with Gasteiger partial charge in [-0.2, -0.15) is 10.1 Å². The van der Waals surface area contributed by atoms with E-state index >= 15 is 0 Å². The molecule has 0 saturated heterocycles. The first-order valence-electron chi connectivity index (χ1n) is 9.80. The number of carbonyl (C=O) groups excluding carboxylic acids is 1. The predicted molar refractivity (Wildman–Crippen MR) is 112 cm³/mol. The molecule has 0 unspecified atom stereocenters. The van der Waals surface area contributed by atoms with Crippen LogP contribution >= 0.6 is 0 Å². The molecule has 0 amide bonds. The minimum atomic E-state index is -0.224. The summed E-state index contributed by atoms with van der Waals surface area (Å²) in [6, 6.07) is 19.5. The third kappa shape index (κ3) is 4.46. The summed E-state index contributed by atoms with van der Waals surface area (Å²) < 4.78 is 12.3. The highest BCUT2D eigenvalue weighted by molar-refractivity contribution is 5.72. The number of benzene rings is 2. The normalized spacial score (nSPS) is 10.9. The highest BCUT2D eigenvalue weighted by atomic mass is 16.5. The Kier molecular flexibility index (Phi) is 5.70. The highest BCUT2D eigenvalue weighted by Gasteiger charge is 2.15. The lowest BCUT2D eigenvalue weighted by Crippen LogP contribution is -2.08. The molecule has 2 aromatic carbocycles. The van der Waals surface area contributed by atoms with Crippen LogP contribution in [0.1, 0.15) is 23.7 Å². The SMILES string of the molecule is CCOC(=O)Cc1cccc(Cn2nc(-c3nc(-c4ccccc4)no3)cc2C)c1. The standard InChI is InChI=1S/C23H22N4O3/c1-3-29-21(28)14-17-8-7-9-18(13-17)15-27-16(2)12-20(25-27)23-24-22(26-30-23)19-10-5-4-6-11-19/h4-13H,3,14-15H2,1-2H3. The van der Waals surface area contributed by atoms with Gasteiger partial charge in [0, 0.05) is 11.3 Å². The Morgan fingerprint density at radius 2 is 1.87 bits per heavy atom. The number of aryl methyl sites for hydroxylation is 1. The Labute approximate surface area is 174 Å². The number of aromatic nitrogens is 4. The Hall–Kier alpha value is -3.74. The second-order valence-corrected chi connectivity index (χ2v) is 6.92. The van der Waals surface area contributed by atoms with Crippen molar-refractivity contribution >= 4 is 5.97 Å². The summed E-state index contributed by atoms with van der Waals surface area (Å²) in [7, 11) is 0. The van der Waals surface area contributed by atoms with Crippen LogP contribution in [0.2, 0.25) is 0 Å². The average Bonchev–Trinajstić information content (AvgIpc) is 3.37. The number of nitrogens with zero attached hydrogens (tertiary/aromatic N) is 4. The molecule has 0 aliphatic heterocycles. The van der Waals surface area contributed by atoms with Gasteiger partial charge < -0.3 is 9.26 Å². The fraction of sp³-hybridized carbons (Fsp3) is 0.217. The molecule has 0 radical (unpaired) electrons. The Bertz CT molecular complexity index is 1150. The van der Waals surface area contributed by atoms with Crippen molar-refractivity contribution in [1.29, 1.82) is 0 Å². The van der Waals surface area contributed by atoms with Gasteiger partial charge in [-0.15, -0.1) is 0 Å². The van der Waals surface area contributed by atoms with Crippen molar-refractivity contribution in [2.45, 2.75) is 26.8 Å². The van der Waals surface area contributed by atoms with Crippen LogP contribution in [0.5, 0.6) is 0 Å². The van der Waals surface area contributed by atoms with E-state index in [1.165, 1.54) is 0 Å². The molecule has 7 nitrogen and oxygen atoms in total. The maximum absolute atomic E-state index is 11.7. The van der Waals surface area contributed by atoms with Gasteiger partial charge in [0.25, 0.3) is 5.89 Å². The van der Waals surface area contributed by atoms with E-state index in [4.69, 9.17) is 9.26 Å². The summed E-state index contributed by atoms with van der Waals surface area (Å²) >= 11 is 0. The zero-order valence-electron chi connectivity index (χ0n) is 16.9. The van der Waals surface area contributed by atoms with E-state index in [9.17, 15) is 4.79 Å². The highest BCUT2D eigenvalue weighted by Crippen LogP contribution is 2.22. The number of esters is 1. The fourth-order valence-corrected chi connectivity index (χ4v) is 3.20. The molecule has 0 bridgehead atoms. The molecular formula is C23H22N4O3. The van der Waals surface area contributed by atoms with Crippen LogP contribution in [-0.4, -0.2) is 32.5 Å². The summed E-state index contributed by atoms with van der Waals surface area (Å²) in [5.74, 6) is 0.689. The minimum Gasteiger partial charge on any atom is -0.466 e. The smallest absolute Gasteiger partial charge is 0.310 e. The van der Waals surface area contributed by atoms with Gasteiger partial charge in [0.15, 0.2) is 5.69 Å². The molecule has 4 aromatic rings. The van der Waals surface area contributed by atoms with Crippen molar-refractivity contribution in [2.75, 3.05) is 6.61 Å². The first-order chi connectivity index (χ1) is 14.6. The quantitative estimate of drug-likeness (QED) is 0.434. The molecule has 0 aliphatic rings. The first-order valence-corrected chi connectivity index (χ1v) is 9.80. The van der Waals surface area contributed by atoms with Gasteiger partial charge in [0.05, 0.1) is 19.6 Å². The second-order valence-electron chi connectivity index (χ2n) is 6.92. The Morgan fingerprint density at radius 1 is 1.07 bits per heavy atom. The zero-order valence-corrected chi connectivity index (χ0v) is 16.9. The Balaban J connectivity index is 1.51. The molecule has 0 N–H and O–H groups in total. The van der Waals surface area contributed by atoms with E-state index in [2.05, 4.69) is 15.2 Å². The average molecular weight is 402 g/mol. The molecule has 30 heavy (non-hydrogen) atoms. The summed E-state index contributed by atoms with van der Waals surface area (Å²) in [5, 5.41) is 8.69. The van der Waals surface area contributed by atoms with Gasteiger partial charge in [-0.25, -0.2) is 0 Å². The lowest BCUT2D eigenvalue weighted by atomic mass is 10.1. The summed E-state index contributed by atoms with van der Waals surface area (Å²) in [4.78, 5) is 16.2. The van der Waals surface area contributed by atoms with Crippen LogP contribution in [0.3, 0.4) is 0 Å². The van der Waals surface area contributed by atoms with Crippen molar-refractivity contribution < 1.29 is 14.1 Å². The second kappa shape index (κ2) is 8.73. The van der Waals surface area contributed by atoms with Gasteiger partial charge in [-0.3, -0.25) is 9.48 Å². The van der Waals surface area contributed by atoms with Crippen LogP contribution in [0, 0.1) is 6.92 Å². The van der Waals surface area contributed by atoms with Gasteiger partial charge >= 0.3 is 5.97 Å². The number of hydrogen-bond acceptors (Lipinski definition) is 6. The molecular weight excluding hydrogens is 380 g/mol. The molecule has 4 rings (SSSR count). The lowest BCUT2D eigenvalue weighted by Gasteiger charge is -2.07. The third-order valence-electron chi connectivity index (χ3n) is 4.64. The maximum atomic E-state index is 11.7. The zero-order chi connectivity index (χ0) is 20.9. The summed E-state index contributed by atoms with van der Waals surface area (Å²) in [6.07, 6.45) is 0.259. The summed E-state index contributed by atoms with van der Waals surface area (Å²) in [6.45, 7) is 4.74. The molecule has 152 valence electrons. The lowest BCUT2D eigenvalue weighted by molar-refractivity contribution is -0.142. The van der Waals surface area contributed by atoms with Gasteiger partial charge in [-0.1, -0.05) is 59.8 Å². The molecule has 0 spiro atoms. The number of hydrogen-bond donors (Lipinski definition) is 0.